The number of ether oxygens (including phenoxy) is 2. The molecule has 20 heavy (non-hydrogen) atoms. The van der Waals surface area contributed by atoms with Crippen molar-refractivity contribution < 1.29 is 9.47 Å². The third kappa shape index (κ3) is 4.19. The molecule has 1 N–H and O–H groups in total. The Hall–Kier alpha value is -0.120. The Labute approximate surface area is 124 Å². The molecule has 2 aliphatic rings. The second-order valence-corrected chi connectivity index (χ2v) is 7.78. The van der Waals surface area contributed by atoms with Gasteiger partial charge in [0.05, 0.1) is 19.3 Å². The molecule has 1 saturated carbocycles. The molecule has 1 aliphatic carbocycles. The molecule has 2 fully saturated rings. The fraction of sp³-hybridized carbons (Fsp3) is 1.00. The molecule has 2 rings (SSSR count). The Morgan fingerprint density at radius 1 is 1.00 bits per heavy atom. The normalized spacial score (nSPS) is 32.2. The Kier molecular flexibility index (Phi) is 5.14. The van der Waals surface area contributed by atoms with Gasteiger partial charge in [-0.15, -0.1) is 0 Å². The molecule has 0 amide bonds. The van der Waals surface area contributed by atoms with Crippen molar-refractivity contribution in [2.75, 3.05) is 13.2 Å². The highest BCUT2D eigenvalue weighted by atomic mass is 16.7. The van der Waals surface area contributed by atoms with Crippen LogP contribution in [0.1, 0.15) is 66.7 Å². The number of hydrogen-bond donors (Lipinski definition) is 1. The molecule has 3 nitrogen and oxygen atoms in total. The van der Waals surface area contributed by atoms with E-state index >= 15 is 0 Å². The minimum absolute atomic E-state index is 0.365. The summed E-state index contributed by atoms with van der Waals surface area (Å²) in [4.78, 5) is 0. The fourth-order valence-corrected chi connectivity index (χ4v) is 3.45. The van der Waals surface area contributed by atoms with Crippen LogP contribution in [-0.4, -0.2) is 31.1 Å². The number of hydrogen-bond acceptors (Lipinski definition) is 3. The monoisotopic (exact) mass is 283 g/mol. The lowest BCUT2D eigenvalue weighted by Gasteiger charge is -2.41. The van der Waals surface area contributed by atoms with E-state index in [2.05, 4.69) is 26.1 Å². The smallest absolute Gasteiger partial charge is 0.162 e. The highest BCUT2D eigenvalue weighted by Crippen LogP contribution is 2.40. The van der Waals surface area contributed by atoms with Gasteiger partial charge in [-0.1, -0.05) is 27.2 Å². The van der Waals surface area contributed by atoms with Crippen molar-refractivity contribution in [3.05, 3.63) is 0 Å². The van der Waals surface area contributed by atoms with Crippen LogP contribution in [0.25, 0.3) is 0 Å². The standard InChI is InChI=1S/C17H33NO2/c1-6-16(2,3)13-7-9-14(10-8-13)18-15-11-19-17(4,5)20-12-15/h13-15,18H,6-12H2,1-5H3. The van der Waals surface area contributed by atoms with E-state index in [0.29, 0.717) is 17.5 Å². The van der Waals surface area contributed by atoms with Crippen LogP contribution in [0.15, 0.2) is 0 Å². The first-order valence-electron chi connectivity index (χ1n) is 8.36. The van der Waals surface area contributed by atoms with E-state index in [9.17, 15) is 0 Å². The lowest BCUT2D eigenvalue weighted by molar-refractivity contribution is -0.253. The van der Waals surface area contributed by atoms with E-state index in [4.69, 9.17) is 9.47 Å². The second-order valence-electron chi connectivity index (χ2n) is 7.78. The van der Waals surface area contributed by atoms with Gasteiger partial charge in [0.2, 0.25) is 0 Å². The van der Waals surface area contributed by atoms with E-state index in [1.807, 2.05) is 13.8 Å². The maximum Gasteiger partial charge on any atom is 0.162 e. The summed E-state index contributed by atoms with van der Waals surface area (Å²) in [6.07, 6.45) is 6.61. The lowest BCUT2D eigenvalue weighted by atomic mass is 9.69. The average Bonchev–Trinajstić information content (AvgIpc) is 2.42. The SMILES string of the molecule is CCC(C)(C)C1CCC(NC2COC(C)(C)OC2)CC1. The van der Waals surface area contributed by atoms with Crippen LogP contribution in [0.4, 0.5) is 0 Å². The molecule has 0 spiro atoms. The van der Waals surface area contributed by atoms with Crippen LogP contribution in [0.5, 0.6) is 0 Å². The summed E-state index contributed by atoms with van der Waals surface area (Å²) < 4.78 is 11.5. The first kappa shape index (κ1) is 16.3. The van der Waals surface area contributed by atoms with E-state index in [-0.39, 0.29) is 0 Å². The summed E-state index contributed by atoms with van der Waals surface area (Å²) in [7, 11) is 0. The molecule has 0 aromatic carbocycles. The largest absolute Gasteiger partial charge is 0.349 e. The summed E-state index contributed by atoms with van der Waals surface area (Å²) in [5, 5.41) is 3.74. The Bertz CT molecular complexity index is 296. The zero-order chi connectivity index (χ0) is 14.8. The number of nitrogens with one attached hydrogen (secondary N) is 1. The van der Waals surface area contributed by atoms with Crippen molar-refractivity contribution in [2.45, 2.75) is 84.6 Å². The van der Waals surface area contributed by atoms with Gasteiger partial charge in [-0.2, -0.15) is 0 Å². The van der Waals surface area contributed by atoms with Crippen LogP contribution < -0.4 is 5.32 Å². The molecule has 0 atom stereocenters. The van der Waals surface area contributed by atoms with Crippen molar-refractivity contribution in [1.82, 2.24) is 5.32 Å². The van der Waals surface area contributed by atoms with Gasteiger partial charge < -0.3 is 14.8 Å². The molecule has 1 aliphatic heterocycles. The van der Waals surface area contributed by atoms with Gasteiger partial charge in [-0.3, -0.25) is 0 Å². The maximum atomic E-state index is 5.73. The van der Waals surface area contributed by atoms with Gasteiger partial charge in [-0.05, 0) is 50.9 Å². The van der Waals surface area contributed by atoms with Gasteiger partial charge >= 0.3 is 0 Å². The Balaban J connectivity index is 1.73. The topological polar surface area (TPSA) is 30.5 Å². The van der Waals surface area contributed by atoms with Crippen molar-refractivity contribution in [3.63, 3.8) is 0 Å². The van der Waals surface area contributed by atoms with Crippen LogP contribution >= 0.6 is 0 Å². The molecule has 3 heteroatoms. The first-order valence-corrected chi connectivity index (χ1v) is 8.36. The molecule has 0 bridgehead atoms. The molecule has 0 aromatic heterocycles. The molecule has 0 aromatic rings. The Morgan fingerprint density at radius 3 is 2.05 bits per heavy atom. The summed E-state index contributed by atoms with van der Waals surface area (Å²) in [5.74, 6) is 0.490. The predicted octanol–water partition coefficient (Wildman–Crippen LogP) is 3.72. The van der Waals surface area contributed by atoms with Crippen molar-refractivity contribution in [2.24, 2.45) is 11.3 Å². The van der Waals surface area contributed by atoms with Crippen molar-refractivity contribution in [1.29, 1.82) is 0 Å². The minimum atomic E-state index is -0.402. The quantitative estimate of drug-likeness (QED) is 0.853. The summed E-state index contributed by atoms with van der Waals surface area (Å²) in [6.45, 7) is 12.7. The number of rotatable bonds is 4. The van der Waals surface area contributed by atoms with Crippen molar-refractivity contribution in [3.8, 4) is 0 Å². The van der Waals surface area contributed by atoms with E-state index in [1.54, 1.807) is 0 Å². The predicted molar refractivity (Wildman–Crippen MR) is 82.7 cm³/mol. The van der Waals surface area contributed by atoms with Crippen LogP contribution in [-0.2, 0) is 9.47 Å². The second kappa shape index (κ2) is 6.33. The van der Waals surface area contributed by atoms with Crippen LogP contribution in [0.2, 0.25) is 0 Å². The van der Waals surface area contributed by atoms with Gasteiger partial charge in [-0.25, -0.2) is 0 Å². The minimum Gasteiger partial charge on any atom is -0.349 e. The zero-order valence-corrected chi connectivity index (χ0v) is 14.0. The first-order chi connectivity index (χ1) is 9.32. The highest BCUT2D eigenvalue weighted by molar-refractivity contribution is 4.87. The van der Waals surface area contributed by atoms with Gasteiger partial charge in [0.15, 0.2) is 5.79 Å². The molecular weight excluding hydrogens is 250 g/mol. The molecule has 1 heterocycles. The third-order valence-electron chi connectivity index (χ3n) is 5.48. The van der Waals surface area contributed by atoms with E-state index < -0.39 is 5.79 Å². The lowest BCUT2D eigenvalue weighted by Crippen LogP contribution is -2.52. The average molecular weight is 283 g/mol. The van der Waals surface area contributed by atoms with Crippen LogP contribution in [0.3, 0.4) is 0 Å². The molecular formula is C17H33NO2. The molecule has 1 saturated heterocycles. The summed E-state index contributed by atoms with van der Waals surface area (Å²) in [6, 6.07) is 1.01. The zero-order valence-electron chi connectivity index (χ0n) is 14.0. The van der Waals surface area contributed by atoms with Gasteiger partial charge in [0, 0.05) is 6.04 Å². The molecule has 118 valence electrons. The van der Waals surface area contributed by atoms with Crippen molar-refractivity contribution >= 4 is 0 Å². The van der Waals surface area contributed by atoms with Gasteiger partial charge in [0.1, 0.15) is 0 Å². The molecule has 0 unspecified atom stereocenters. The Morgan fingerprint density at radius 2 is 1.55 bits per heavy atom. The van der Waals surface area contributed by atoms with Crippen LogP contribution in [0, 0.1) is 11.3 Å². The highest BCUT2D eigenvalue weighted by Gasteiger charge is 2.34. The fourth-order valence-electron chi connectivity index (χ4n) is 3.45. The third-order valence-corrected chi connectivity index (χ3v) is 5.48. The van der Waals surface area contributed by atoms with Gasteiger partial charge in [0.25, 0.3) is 0 Å². The summed E-state index contributed by atoms with van der Waals surface area (Å²) >= 11 is 0. The van der Waals surface area contributed by atoms with E-state index in [1.165, 1.54) is 32.1 Å². The molecule has 0 radical (unpaired) electrons. The van der Waals surface area contributed by atoms with E-state index in [0.717, 1.165) is 19.1 Å². The summed E-state index contributed by atoms with van der Waals surface area (Å²) in [5.41, 5.74) is 0.506. The maximum absolute atomic E-state index is 5.73.